The number of aromatic carboxylic acids is 1. The molecule has 1 aromatic heterocycles. The van der Waals surface area contributed by atoms with Crippen molar-refractivity contribution in [1.29, 1.82) is 0 Å². The van der Waals surface area contributed by atoms with E-state index in [1.807, 2.05) is 42.5 Å². The summed E-state index contributed by atoms with van der Waals surface area (Å²) in [4.78, 5) is 15.5. The van der Waals surface area contributed by atoms with Crippen LogP contribution in [0.4, 0.5) is 5.82 Å². The van der Waals surface area contributed by atoms with Crippen LogP contribution >= 0.6 is 11.6 Å². The zero-order valence-corrected chi connectivity index (χ0v) is 20.2. The lowest BCUT2D eigenvalue weighted by atomic mass is 10.1. The van der Waals surface area contributed by atoms with E-state index in [-0.39, 0.29) is 27.8 Å². The van der Waals surface area contributed by atoms with Crippen molar-refractivity contribution in [3.8, 4) is 16.9 Å². The first-order valence-corrected chi connectivity index (χ1v) is 12.3. The SMILES string of the molecule is COc1cccc(-c2cnc(N(Cc3ccccc3)S(=O)(=O)c3ccc(C(=O)O)cc3)c(Cl)c2)c1. The molecule has 9 heteroatoms. The maximum atomic E-state index is 13.7. The molecule has 0 aliphatic carbocycles. The molecule has 0 bridgehead atoms. The van der Waals surface area contributed by atoms with E-state index in [1.54, 1.807) is 31.5 Å². The third-order valence-corrected chi connectivity index (χ3v) is 7.35. The largest absolute Gasteiger partial charge is 0.497 e. The third-order valence-electron chi connectivity index (χ3n) is 5.32. The van der Waals surface area contributed by atoms with Crippen LogP contribution < -0.4 is 9.04 Å². The van der Waals surface area contributed by atoms with Gasteiger partial charge in [-0.1, -0.05) is 54.1 Å². The Morgan fingerprint density at radius 2 is 1.69 bits per heavy atom. The standard InChI is InChI=1S/C26H21ClN2O5S/c1-34-22-9-5-8-20(14-22)21-15-24(27)25(28-16-21)29(17-18-6-3-2-4-7-18)35(32,33)23-12-10-19(11-13-23)26(30)31/h2-16H,17H2,1H3,(H,30,31). The lowest BCUT2D eigenvalue weighted by Crippen LogP contribution is -2.31. The number of carboxylic acid groups (broad SMARTS) is 1. The van der Waals surface area contributed by atoms with Crippen molar-refractivity contribution in [3.05, 3.63) is 107 Å². The molecule has 4 aromatic rings. The number of halogens is 1. The Labute approximate surface area is 208 Å². The lowest BCUT2D eigenvalue weighted by molar-refractivity contribution is 0.0696. The maximum Gasteiger partial charge on any atom is 0.335 e. The third kappa shape index (κ3) is 5.29. The van der Waals surface area contributed by atoms with Gasteiger partial charge in [0.05, 0.1) is 29.1 Å². The zero-order chi connectivity index (χ0) is 25.0. The summed E-state index contributed by atoms with van der Waals surface area (Å²) in [5.41, 5.74) is 2.22. The topological polar surface area (TPSA) is 96.8 Å². The Morgan fingerprint density at radius 1 is 0.971 bits per heavy atom. The summed E-state index contributed by atoms with van der Waals surface area (Å²) in [5.74, 6) is -0.418. The fraction of sp³-hybridized carbons (Fsp3) is 0.0769. The predicted octanol–water partition coefficient (Wildman–Crippen LogP) is 5.50. The molecule has 0 unspecified atom stereocenters. The molecule has 0 atom stereocenters. The summed E-state index contributed by atoms with van der Waals surface area (Å²) in [6.07, 6.45) is 1.55. The van der Waals surface area contributed by atoms with E-state index in [2.05, 4.69) is 4.98 Å². The van der Waals surface area contributed by atoms with E-state index >= 15 is 0 Å². The van der Waals surface area contributed by atoms with Crippen molar-refractivity contribution >= 4 is 33.4 Å². The molecule has 1 N–H and O–H groups in total. The number of ether oxygens (including phenoxy) is 1. The minimum absolute atomic E-state index is 0.0163. The smallest absolute Gasteiger partial charge is 0.335 e. The fourth-order valence-corrected chi connectivity index (χ4v) is 5.24. The highest BCUT2D eigenvalue weighted by atomic mass is 35.5. The van der Waals surface area contributed by atoms with Gasteiger partial charge in [-0.3, -0.25) is 0 Å². The van der Waals surface area contributed by atoms with Crippen LogP contribution in [-0.2, 0) is 16.6 Å². The summed E-state index contributed by atoms with van der Waals surface area (Å²) in [6, 6.07) is 23.1. The van der Waals surface area contributed by atoms with Crippen LogP contribution in [0.3, 0.4) is 0 Å². The van der Waals surface area contributed by atoms with Gasteiger partial charge >= 0.3 is 5.97 Å². The number of rotatable bonds is 8. The number of methoxy groups -OCH3 is 1. The van der Waals surface area contributed by atoms with E-state index in [1.165, 1.54) is 24.3 Å². The Balaban J connectivity index is 1.78. The Kier molecular flexibility index (Phi) is 7.04. The first kappa shape index (κ1) is 24.3. The van der Waals surface area contributed by atoms with Crippen molar-refractivity contribution in [2.24, 2.45) is 0 Å². The van der Waals surface area contributed by atoms with E-state index in [9.17, 15) is 13.2 Å². The van der Waals surface area contributed by atoms with Gasteiger partial charge < -0.3 is 9.84 Å². The van der Waals surface area contributed by atoms with Crippen LogP contribution in [0.5, 0.6) is 5.75 Å². The molecule has 178 valence electrons. The molecule has 0 aliphatic rings. The number of carboxylic acids is 1. The van der Waals surface area contributed by atoms with Crippen LogP contribution in [0.2, 0.25) is 5.02 Å². The van der Waals surface area contributed by atoms with Crippen molar-refractivity contribution in [2.45, 2.75) is 11.4 Å². The second-order valence-corrected chi connectivity index (χ2v) is 9.86. The second-order valence-electron chi connectivity index (χ2n) is 7.59. The van der Waals surface area contributed by atoms with Crippen LogP contribution in [0, 0.1) is 0 Å². The monoisotopic (exact) mass is 508 g/mol. The predicted molar refractivity (Wildman–Crippen MR) is 134 cm³/mol. The van der Waals surface area contributed by atoms with E-state index in [0.29, 0.717) is 11.3 Å². The summed E-state index contributed by atoms with van der Waals surface area (Å²) >= 11 is 6.60. The molecule has 0 amide bonds. The number of benzene rings is 3. The van der Waals surface area contributed by atoms with Gasteiger partial charge in [0.1, 0.15) is 5.75 Å². The number of nitrogens with zero attached hydrogens (tertiary/aromatic N) is 2. The van der Waals surface area contributed by atoms with Gasteiger partial charge in [-0.05, 0) is 53.6 Å². The highest BCUT2D eigenvalue weighted by Crippen LogP contribution is 2.34. The number of pyridine rings is 1. The average molecular weight is 509 g/mol. The van der Waals surface area contributed by atoms with Gasteiger partial charge in [-0.25, -0.2) is 22.5 Å². The molecule has 0 radical (unpaired) electrons. The number of hydrogen-bond donors (Lipinski definition) is 1. The minimum atomic E-state index is -4.13. The number of sulfonamides is 1. The highest BCUT2D eigenvalue weighted by Gasteiger charge is 2.28. The number of hydrogen-bond acceptors (Lipinski definition) is 5. The van der Waals surface area contributed by atoms with Gasteiger partial charge in [0.25, 0.3) is 10.0 Å². The molecule has 0 saturated heterocycles. The van der Waals surface area contributed by atoms with Crippen LogP contribution in [0.25, 0.3) is 11.1 Å². The molecule has 35 heavy (non-hydrogen) atoms. The van der Waals surface area contributed by atoms with Gasteiger partial charge in [-0.15, -0.1) is 0 Å². The summed E-state index contributed by atoms with van der Waals surface area (Å²) in [6.45, 7) is -0.0188. The maximum absolute atomic E-state index is 13.7. The summed E-state index contributed by atoms with van der Waals surface area (Å²) < 4.78 is 33.7. The van der Waals surface area contributed by atoms with E-state index < -0.39 is 16.0 Å². The van der Waals surface area contributed by atoms with Gasteiger partial charge in [-0.2, -0.15) is 0 Å². The van der Waals surface area contributed by atoms with Crippen LogP contribution in [0.15, 0.2) is 96.0 Å². The first-order chi connectivity index (χ1) is 16.8. The molecule has 0 spiro atoms. The number of carbonyl (C=O) groups is 1. The molecule has 7 nitrogen and oxygen atoms in total. The molecule has 0 saturated carbocycles. The van der Waals surface area contributed by atoms with E-state index in [4.69, 9.17) is 21.4 Å². The minimum Gasteiger partial charge on any atom is -0.497 e. The van der Waals surface area contributed by atoms with Crippen molar-refractivity contribution < 1.29 is 23.1 Å². The van der Waals surface area contributed by atoms with Crippen LogP contribution in [0.1, 0.15) is 15.9 Å². The van der Waals surface area contributed by atoms with Crippen molar-refractivity contribution in [2.75, 3.05) is 11.4 Å². The number of anilines is 1. The van der Waals surface area contributed by atoms with Crippen molar-refractivity contribution in [3.63, 3.8) is 0 Å². The fourth-order valence-electron chi connectivity index (χ4n) is 3.49. The van der Waals surface area contributed by atoms with E-state index in [0.717, 1.165) is 15.4 Å². The normalized spacial score (nSPS) is 11.1. The molecule has 4 rings (SSSR count). The van der Waals surface area contributed by atoms with Gasteiger partial charge in [0, 0.05) is 11.8 Å². The van der Waals surface area contributed by atoms with Gasteiger partial charge in [0.2, 0.25) is 0 Å². The first-order valence-electron chi connectivity index (χ1n) is 10.5. The quantitative estimate of drug-likeness (QED) is 0.337. The lowest BCUT2D eigenvalue weighted by Gasteiger charge is -2.25. The summed E-state index contributed by atoms with van der Waals surface area (Å²) in [7, 11) is -2.56. The molecule has 0 fully saturated rings. The Bertz CT molecular complexity index is 1460. The van der Waals surface area contributed by atoms with Crippen molar-refractivity contribution in [1.82, 2.24) is 4.98 Å². The molecule has 0 aliphatic heterocycles. The highest BCUT2D eigenvalue weighted by molar-refractivity contribution is 7.92. The average Bonchev–Trinajstić information content (AvgIpc) is 2.88. The van der Waals surface area contributed by atoms with Gasteiger partial charge in [0.15, 0.2) is 5.82 Å². The number of aromatic nitrogens is 1. The summed E-state index contributed by atoms with van der Waals surface area (Å²) in [5, 5.41) is 9.30. The zero-order valence-electron chi connectivity index (χ0n) is 18.6. The van der Waals surface area contributed by atoms with Crippen LogP contribution in [-0.4, -0.2) is 31.6 Å². The second kappa shape index (κ2) is 10.2. The molecule has 3 aromatic carbocycles. The molecular weight excluding hydrogens is 488 g/mol. The molecular formula is C26H21ClN2O5S. The Morgan fingerprint density at radius 3 is 2.31 bits per heavy atom. The molecule has 1 heterocycles. The Hall–Kier alpha value is -3.88.